The second-order valence-corrected chi connectivity index (χ2v) is 28.0. The zero-order chi connectivity index (χ0) is 85.0. The molecule has 3 aliphatic rings. The number of aliphatic carboxylic acids is 10. The van der Waals surface area contributed by atoms with Crippen molar-refractivity contribution < 1.29 is 278 Å². The number of carboxylic acid groups (broad SMARTS) is 11. The molecular weight excluding hydrogens is 1630 g/mol. The number of carbonyl (C=O) groups excluding carboxylic acids is 4. The SMILES string of the molecule is Cc1cc(=O)oc2c(CN(CC(=O)O)CC(=O)O)c(O)ccc12.Cc1cc(C2(c3cc(C)c(O)c(CN(CC(=O)[O-])CC(=O)[O-])c3)c3ccccc3OS2(=O)=O)cc(CN(CC(=O)[O-])CC(=O)[O-])c1O.O=C(O)CN(CC(=O)O)Cc1cc2c(-c3ccccc3C(=O)O)c3cc(CN(CC(=O)O)CC(=O)O)c(=O)cc-3oc2cc1O.[HH].[HH].[HH].[HH].[HH].[HH].[Na+].[Na+].[Na+].[Na+]. The third kappa shape index (κ3) is 25.8. The predicted octanol–water partition coefficient (Wildman–Crippen LogP) is -11.5. The van der Waals surface area contributed by atoms with E-state index in [9.17, 15) is 137 Å². The number of carbonyl (C=O) groups is 11. The molecule has 0 amide bonds. The zero-order valence-electron chi connectivity index (χ0n) is 64.6. The van der Waals surface area contributed by atoms with Crippen molar-refractivity contribution in [2.45, 2.75) is 58.2 Å². The molecule has 1 aliphatic carbocycles. The first-order valence-corrected chi connectivity index (χ1v) is 35.1. The number of carboxylic acids is 11. The van der Waals surface area contributed by atoms with E-state index in [2.05, 4.69) is 0 Å². The molecule has 0 atom stereocenters. The summed E-state index contributed by atoms with van der Waals surface area (Å²) in [6.07, 6.45) is 0. The Morgan fingerprint density at radius 1 is 0.429 bits per heavy atom. The first kappa shape index (κ1) is 101. The number of para-hydroxylation sites is 1. The summed E-state index contributed by atoms with van der Waals surface area (Å²) in [5.41, 5.74) is 0.437. The molecule has 7 aromatic rings. The molecule has 0 bridgehead atoms. The summed E-state index contributed by atoms with van der Waals surface area (Å²) in [6.45, 7) is -4.49. The average molecular weight is 1720 g/mol. The topological polar surface area (TPSA) is 623 Å². The molecule has 0 saturated heterocycles. The van der Waals surface area contributed by atoms with E-state index in [1.54, 1.807) is 25.1 Å². The van der Waals surface area contributed by atoms with Crippen molar-refractivity contribution in [1.29, 1.82) is 0 Å². The Kier molecular flexibility index (Phi) is 37.4. The number of hydrogen-bond donors (Lipinski definition) is 11. The van der Waals surface area contributed by atoms with Crippen LogP contribution >= 0.6 is 0 Å². The normalized spacial score (nSPS) is 12.1. The standard InChI is InChI=1S/C31H32N2O13S.C30H26N2O13.C15H15NO7.4Na.6H2/c1-17-7-21(9-19(29(17)42)11-32(13-25(34)35)14-26(36)37)31(23-5-3-4-6-24(23)46-47(31,44)45)22-8-18(2)30(43)20(10-22)12-33(15-27(38)39)16-28(40)41;33-21-7-23-19(5-15(21)9-31(11-25(35)36)12-26(37)38)29(17-3-1-2-4-18(17)30(43)44)20-6-16(22(34)8-24(20)45-23)10-32(13-27(39)40)14-28(41)42;1-8-4-14(22)23-15-9(8)2-3-11(17)10(15)5-16(6-12(18)19)7-13(20)21;;;;;;;;;;/h3-10,42-43H,11-16H2,1-2H3,(H,34,35)(H,36,37)(H,38,39)(H,40,41);1-8,33H,9-14H2,(H,35,36)(H,37,38)(H,39,40)(H,41,42)(H,43,44);2-4,17H,5-7H2,1H3,(H,18,19)(H,20,21);;;;;6*1H/q;;;4*+1;;;;;;/p-4. The first-order chi connectivity index (χ1) is 54.0. The van der Waals surface area contributed by atoms with Crippen LogP contribution in [-0.4, -0.2) is 220 Å². The molecule has 38 nitrogen and oxygen atoms in total. The number of fused-ring (bicyclic) bond motifs is 4. The van der Waals surface area contributed by atoms with Gasteiger partial charge in [-0.05, 0) is 115 Å². The van der Waals surface area contributed by atoms with Crippen LogP contribution in [0.3, 0.4) is 0 Å². The van der Waals surface area contributed by atoms with E-state index in [4.69, 9.17) is 23.2 Å². The summed E-state index contributed by atoms with van der Waals surface area (Å²) >= 11 is 0. The van der Waals surface area contributed by atoms with Crippen molar-refractivity contribution >= 4 is 97.7 Å². The molecule has 0 fully saturated rings. The molecular formula is C76H81N5Na4O33S. The molecule has 2 aliphatic heterocycles. The van der Waals surface area contributed by atoms with Crippen LogP contribution < -0.4 is 154 Å². The van der Waals surface area contributed by atoms with Crippen molar-refractivity contribution in [3.8, 4) is 51.2 Å². The van der Waals surface area contributed by atoms with Gasteiger partial charge in [-0.15, -0.1) is 0 Å². The van der Waals surface area contributed by atoms with E-state index < -0.39 is 170 Å². The molecule has 0 saturated carbocycles. The second kappa shape index (κ2) is 43.9. The Labute approximate surface area is 770 Å². The number of nitrogens with zero attached hydrogens (tertiary/aromatic N) is 5. The van der Waals surface area contributed by atoms with Crippen LogP contribution in [0.5, 0.6) is 28.7 Å². The van der Waals surface area contributed by atoms with Gasteiger partial charge in [0, 0.05) is 135 Å². The summed E-state index contributed by atoms with van der Waals surface area (Å²) < 4.78 is 42.9. The van der Waals surface area contributed by atoms with Gasteiger partial charge in [0.1, 0.15) is 45.7 Å². The molecule has 6 aromatic carbocycles. The molecule has 3 heterocycles. The van der Waals surface area contributed by atoms with Crippen LogP contribution in [0, 0.1) is 20.8 Å². The molecule has 11 N–H and O–H groups in total. The Bertz CT molecular complexity index is 5490. The number of hydrogen-bond acceptors (Lipinski definition) is 31. The minimum atomic E-state index is -4.75. The molecule has 0 spiro atoms. The Hall–Kier alpha value is -9.86. The fourth-order valence-electron chi connectivity index (χ4n) is 13.2. The molecule has 10 rings (SSSR count). The van der Waals surface area contributed by atoms with Crippen molar-refractivity contribution in [3.63, 3.8) is 0 Å². The number of phenolic OH excluding ortho intramolecular Hbond substituents is 4. The molecule has 0 radical (unpaired) electrons. The Balaban J connectivity index is -0.00000180. The number of aromatic carboxylic acids is 1. The molecule has 119 heavy (non-hydrogen) atoms. The molecule has 618 valence electrons. The maximum atomic E-state index is 14.3. The van der Waals surface area contributed by atoms with Gasteiger partial charge in [-0.25, -0.2) is 9.59 Å². The fourth-order valence-corrected chi connectivity index (χ4v) is 15.0. The number of aryl methyl sites for hydroxylation is 3. The van der Waals surface area contributed by atoms with E-state index in [0.29, 0.717) is 10.9 Å². The maximum absolute atomic E-state index is 14.3. The number of benzene rings is 7. The third-order valence-electron chi connectivity index (χ3n) is 17.7. The molecule has 43 heteroatoms. The van der Waals surface area contributed by atoms with E-state index in [-0.39, 0.29) is 275 Å². The van der Waals surface area contributed by atoms with Gasteiger partial charge in [-0.2, -0.15) is 8.42 Å². The van der Waals surface area contributed by atoms with E-state index in [1.807, 2.05) is 0 Å². The van der Waals surface area contributed by atoms with E-state index >= 15 is 0 Å². The fraction of sp³-hybridized carbons (Fsp3) is 0.250. The van der Waals surface area contributed by atoms with Crippen molar-refractivity contribution in [2.24, 2.45) is 0 Å². The van der Waals surface area contributed by atoms with Gasteiger partial charge in [0.05, 0.1) is 74.3 Å². The van der Waals surface area contributed by atoms with Crippen LogP contribution in [0.25, 0.3) is 44.4 Å². The Morgan fingerprint density at radius 2 is 0.849 bits per heavy atom. The summed E-state index contributed by atoms with van der Waals surface area (Å²) in [6, 6.07) is 26.3. The Morgan fingerprint density at radius 3 is 1.30 bits per heavy atom. The second-order valence-electron chi connectivity index (χ2n) is 26.3. The quantitative estimate of drug-likeness (QED) is 0.00772. The molecule has 1 aromatic heterocycles. The van der Waals surface area contributed by atoms with Gasteiger partial charge in [0.25, 0.3) is 0 Å². The van der Waals surface area contributed by atoms with Crippen LogP contribution in [0.4, 0.5) is 0 Å². The van der Waals surface area contributed by atoms with Gasteiger partial charge in [0.2, 0.25) is 0 Å². The first-order valence-electron chi connectivity index (χ1n) is 33.7. The van der Waals surface area contributed by atoms with Crippen LogP contribution in [-0.2, 0) is 95.5 Å². The van der Waals surface area contributed by atoms with E-state index in [0.717, 1.165) is 30.6 Å². The van der Waals surface area contributed by atoms with E-state index in [1.165, 1.54) is 105 Å². The molecule has 0 unspecified atom stereocenters. The van der Waals surface area contributed by atoms with Crippen LogP contribution in [0.1, 0.15) is 80.1 Å². The van der Waals surface area contributed by atoms with Gasteiger partial charge in [0.15, 0.2) is 10.2 Å². The van der Waals surface area contributed by atoms with Crippen LogP contribution in [0.2, 0.25) is 0 Å². The minimum absolute atomic E-state index is 0. The van der Waals surface area contributed by atoms with Gasteiger partial charge < -0.3 is 109 Å². The van der Waals surface area contributed by atoms with Crippen molar-refractivity contribution in [2.75, 3.05) is 65.4 Å². The predicted molar refractivity (Wildman–Crippen MR) is 399 cm³/mol. The monoisotopic (exact) mass is 1720 g/mol. The van der Waals surface area contributed by atoms with Crippen molar-refractivity contribution in [1.82, 2.24) is 24.5 Å². The number of aromatic hydroxyl groups is 4. The summed E-state index contributed by atoms with van der Waals surface area (Å²) in [4.78, 5) is 154. The smallest absolute Gasteiger partial charge is 0.549 e. The third-order valence-corrected chi connectivity index (χ3v) is 19.5. The summed E-state index contributed by atoms with van der Waals surface area (Å²) in [5, 5.41) is 154. The average Bonchev–Trinajstić information content (AvgIpc) is 1.55. The number of rotatable bonds is 34. The van der Waals surface area contributed by atoms with Gasteiger partial charge in [-0.1, -0.05) is 36.4 Å². The minimum Gasteiger partial charge on any atom is -0.549 e. The van der Waals surface area contributed by atoms with Gasteiger partial charge >= 0.3 is 176 Å². The largest absolute Gasteiger partial charge is 1.00 e. The maximum Gasteiger partial charge on any atom is 1.00 e. The zero-order valence-corrected chi connectivity index (χ0v) is 73.4. The number of phenols is 4. The van der Waals surface area contributed by atoms with Crippen molar-refractivity contribution in [3.05, 3.63) is 203 Å². The summed E-state index contributed by atoms with van der Waals surface area (Å²) in [7, 11) is -4.75. The van der Waals surface area contributed by atoms with Crippen LogP contribution in [0.15, 0.2) is 134 Å². The summed E-state index contributed by atoms with van der Waals surface area (Å²) in [5.74, 6) is -16.9. The van der Waals surface area contributed by atoms with Gasteiger partial charge in [-0.3, -0.25) is 58.1 Å².